The van der Waals surface area contributed by atoms with Gasteiger partial charge in [0.25, 0.3) is 0 Å². The molecule has 0 aromatic heterocycles. The van der Waals surface area contributed by atoms with Crippen molar-refractivity contribution in [2.75, 3.05) is 13.1 Å². The average Bonchev–Trinajstić information content (AvgIpc) is 3.18. The summed E-state index contributed by atoms with van der Waals surface area (Å²) in [7, 11) is 0. The maximum Gasteiger partial charge on any atom is 0.223 e. The van der Waals surface area contributed by atoms with Crippen molar-refractivity contribution in [2.45, 2.75) is 44.9 Å². The lowest BCUT2D eigenvalue weighted by atomic mass is 9.81. The molecule has 180 valence electrons. The van der Waals surface area contributed by atoms with Crippen LogP contribution in [0.15, 0.2) is 30.4 Å². The van der Waals surface area contributed by atoms with Crippen LogP contribution in [-0.2, 0) is 25.6 Å². The summed E-state index contributed by atoms with van der Waals surface area (Å²) in [6, 6.07) is 4.97. The summed E-state index contributed by atoms with van der Waals surface area (Å²) in [5.41, 5.74) is 1.49. The van der Waals surface area contributed by atoms with Crippen LogP contribution in [0.3, 0.4) is 0 Å². The third-order valence-corrected chi connectivity index (χ3v) is 6.68. The smallest absolute Gasteiger partial charge is 0.223 e. The van der Waals surface area contributed by atoms with E-state index < -0.39 is 5.92 Å². The molecule has 1 saturated carbocycles. The van der Waals surface area contributed by atoms with Crippen molar-refractivity contribution >= 4 is 36.0 Å². The van der Waals surface area contributed by atoms with Gasteiger partial charge in [-0.05, 0) is 68.2 Å². The number of carbonyl (C=O) groups is 6. The Bertz CT molecular complexity index is 973. The summed E-state index contributed by atoms with van der Waals surface area (Å²) in [4.78, 5) is 69.8. The zero-order chi connectivity index (χ0) is 24.5. The van der Waals surface area contributed by atoms with Crippen molar-refractivity contribution in [2.24, 2.45) is 17.8 Å². The molecule has 3 rings (SSSR count). The van der Waals surface area contributed by atoms with Crippen LogP contribution in [0.1, 0.15) is 64.8 Å². The van der Waals surface area contributed by atoms with Gasteiger partial charge in [-0.25, -0.2) is 0 Å². The second-order valence-electron chi connectivity index (χ2n) is 8.99. The van der Waals surface area contributed by atoms with E-state index in [-0.39, 0.29) is 35.7 Å². The Kier molecular flexibility index (Phi) is 9.01. The minimum atomic E-state index is -0.651. The van der Waals surface area contributed by atoms with Crippen LogP contribution in [0.5, 0.6) is 0 Å². The Morgan fingerprint density at radius 1 is 0.912 bits per heavy atom. The first-order valence-corrected chi connectivity index (χ1v) is 11.7. The highest BCUT2D eigenvalue weighted by Crippen LogP contribution is 2.28. The maximum atomic E-state index is 12.4. The quantitative estimate of drug-likeness (QED) is 0.379. The van der Waals surface area contributed by atoms with E-state index in [9.17, 15) is 28.8 Å². The molecule has 0 spiro atoms. The van der Waals surface area contributed by atoms with Gasteiger partial charge in [-0.1, -0.05) is 12.1 Å². The van der Waals surface area contributed by atoms with Gasteiger partial charge in [0.1, 0.15) is 0 Å². The number of benzene rings is 1. The van der Waals surface area contributed by atoms with E-state index in [1.807, 2.05) is 0 Å². The number of aldehydes is 2. The van der Waals surface area contributed by atoms with Crippen LogP contribution in [0, 0.1) is 17.8 Å². The van der Waals surface area contributed by atoms with Crippen molar-refractivity contribution in [1.82, 2.24) is 10.6 Å². The van der Waals surface area contributed by atoms with Crippen LogP contribution in [0.25, 0.3) is 0 Å². The molecular formula is C26H30N2O6. The van der Waals surface area contributed by atoms with E-state index >= 15 is 0 Å². The van der Waals surface area contributed by atoms with Crippen molar-refractivity contribution in [1.29, 1.82) is 0 Å². The zero-order valence-electron chi connectivity index (χ0n) is 19.1. The van der Waals surface area contributed by atoms with Gasteiger partial charge in [-0.2, -0.15) is 0 Å². The SMILES string of the molecule is O=Cc1ccc(CCC(=O)NC[C@H]2CC[C@H](C(=O)NCCC3C(=O)C=CC3=O)CC2)cc1C=O. The first-order chi connectivity index (χ1) is 16.4. The number of allylic oxidation sites excluding steroid dienone is 2. The summed E-state index contributed by atoms with van der Waals surface area (Å²) < 4.78 is 0. The van der Waals surface area contributed by atoms with Crippen LogP contribution in [-0.4, -0.2) is 49.0 Å². The number of ketones is 2. The van der Waals surface area contributed by atoms with Crippen LogP contribution < -0.4 is 10.6 Å². The predicted octanol–water partition coefficient (Wildman–Crippen LogP) is 2.00. The maximum absolute atomic E-state index is 12.4. The molecule has 2 aliphatic rings. The molecule has 0 aliphatic heterocycles. The van der Waals surface area contributed by atoms with Crippen LogP contribution in [0.2, 0.25) is 0 Å². The molecule has 0 unspecified atom stereocenters. The monoisotopic (exact) mass is 466 g/mol. The molecule has 0 bridgehead atoms. The Morgan fingerprint density at radius 2 is 1.59 bits per heavy atom. The van der Waals surface area contributed by atoms with Crippen molar-refractivity contribution in [3.63, 3.8) is 0 Å². The summed E-state index contributed by atoms with van der Waals surface area (Å²) >= 11 is 0. The second kappa shape index (κ2) is 12.2. The molecule has 2 amide bonds. The van der Waals surface area contributed by atoms with Gasteiger partial charge in [0.05, 0.1) is 5.92 Å². The van der Waals surface area contributed by atoms with Gasteiger partial charge >= 0.3 is 0 Å². The third kappa shape index (κ3) is 6.79. The highest BCUT2D eigenvalue weighted by molar-refractivity contribution is 6.18. The highest BCUT2D eigenvalue weighted by atomic mass is 16.2. The van der Waals surface area contributed by atoms with E-state index in [4.69, 9.17) is 0 Å². The molecule has 2 N–H and O–H groups in total. The van der Waals surface area contributed by atoms with Crippen LogP contribution in [0.4, 0.5) is 0 Å². The number of nitrogens with one attached hydrogen (secondary N) is 2. The van der Waals surface area contributed by atoms with E-state index in [0.717, 1.165) is 31.2 Å². The Labute approximate surface area is 198 Å². The summed E-state index contributed by atoms with van der Waals surface area (Å²) in [5.74, 6) is -0.905. The second-order valence-corrected chi connectivity index (χ2v) is 8.99. The molecule has 2 aliphatic carbocycles. The van der Waals surface area contributed by atoms with E-state index in [1.54, 1.807) is 18.2 Å². The molecule has 1 aromatic rings. The van der Waals surface area contributed by atoms with Gasteiger partial charge in [0.2, 0.25) is 11.8 Å². The summed E-state index contributed by atoms with van der Waals surface area (Å²) in [5, 5.41) is 5.81. The molecule has 0 atom stereocenters. The number of hydrogen-bond acceptors (Lipinski definition) is 6. The number of aryl methyl sites for hydroxylation is 1. The fourth-order valence-electron chi connectivity index (χ4n) is 4.53. The largest absolute Gasteiger partial charge is 0.356 e. The molecule has 0 heterocycles. The minimum absolute atomic E-state index is 0.0383. The van der Waals surface area contributed by atoms with Gasteiger partial charge in [0.15, 0.2) is 24.1 Å². The fourth-order valence-corrected chi connectivity index (χ4v) is 4.53. The normalized spacial score (nSPS) is 20.2. The molecule has 34 heavy (non-hydrogen) atoms. The highest BCUT2D eigenvalue weighted by Gasteiger charge is 2.29. The first-order valence-electron chi connectivity index (χ1n) is 11.7. The topological polar surface area (TPSA) is 126 Å². The number of rotatable bonds is 11. The lowest BCUT2D eigenvalue weighted by Crippen LogP contribution is -2.37. The molecule has 1 aromatic carbocycles. The molecule has 1 fully saturated rings. The fraction of sp³-hybridized carbons (Fsp3) is 0.462. The van der Waals surface area contributed by atoms with Gasteiger partial charge in [0, 0.05) is 36.6 Å². The van der Waals surface area contributed by atoms with Crippen molar-refractivity contribution in [3.05, 3.63) is 47.0 Å². The van der Waals surface area contributed by atoms with Crippen molar-refractivity contribution < 1.29 is 28.8 Å². The van der Waals surface area contributed by atoms with Crippen molar-refractivity contribution in [3.8, 4) is 0 Å². The Morgan fingerprint density at radius 3 is 2.24 bits per heavy atom. The Balaban J connectivity index is 1.31. The van der Waals surface area contributed by atoms with Gasteiger partial charge in [-0.15, -0.1) is 0 Å². The molecule has 0 saturated heterocycles. The Hall–Kier alpha value is -3.42. The standard InChI is InChI=1S/C26H30N2O6/c29-15-20-7-1-17(13-21(20)16-30)4-10-25(33)28-14-18-2-5-19(6-3-18)26(34)27-12-11-22-23(31)8-9-24(22)32/h1,7-9,13,15-16,18-19,22H,2-6,10-12,14H2,(H,27,34)(H,28,33)/t18-,19-. The van der Waals surface area contributed by atoms with E-state index in [2.05, 4.69) is 10.6 Å². The van der Waals surface area contributed by atoms with Crippen LogP contribution >= 0.6 is 0 Å². The lowest BCUT2D eigenvalue weighted by Gasteiger charge is -2.28. The summed E-state index contributed by atoms with van der Waals surface area (Å²) in [6.45, 7) is 0.876. The molecule has 0 radical (unpaired) electrons. The zero-order valence-corrected chi connectivity index (χ0v) is 19.1. The number of carbonyl (C=O) groups excluding carboxylic acids is 6. The molecule has 8 heteroatoms. The number of amides is 2. The van der Waals surface area contributed by atoms with E-state index in [0.29, 0.717) is 55.5 Å². The average molecular weight is 467 g/mol. The van der Waals surface area contributed by atoms with Gasteiger partial charge < -0.3 is 10.6 Å². The summed E-state index contributed by atoms with van der Waals surface area (Å²) in [6.07, 6.45) is 8.14. The predicted molar refractivity (Wildman–Crippen MR) is 124 cm³/mol. The lowest BCUT2D eigenvalue weighted by molar-refractivity contribution is -0.128. The molecular weight excluding hydrogens is 436 g/mol. The van der Waals surface area contributed by atoms with Gasteiger partial charge in [-0.3, -0.25) is 28.8 Å². The third-order valence-electron chi connectivity index (χ3n) is 6.68. The number of hydrogen-bond donors (Lipinski definition) is 2. The van der Waals surface area contributed by atoms with E-state index in [1.165, 1.54) is 12.2 Å². The molecule has 8 nitrogen and oxygen atoms in total. The first kappa shape index (κ1) is 25.2. The minimum Gasteiger partial charge on any atom is -0.356 e.